The lowest BCUT2D eigenvalue weighted by molar-refractivity contribution is 0.103. The van der Waals surface area contributed by atoms with Crippen LogP contribution in [0.2, 0.25) is 0 Å². The molecule has 0 aliphatic heterocycles. The van der Waals surface area contributed by atoms with Crippen molar-refractivity contribution in [1.29, 1.82) is 0 Å². The van der Waals surface area contributed by atoms with Crippen molar-refractivity contribution in [3.63, 3.8) is 0 Å². The van der Waals surface area contributed by atoms with Gasteiger partial charge in [-0.25, -0.2) is 28.7 Å². The lowest BCUT2D eigenvalue weighted by Gasteiger charge is -1.98. The normalized spacial score (nSPS) is 11.0. The number of nitrogens with zero attached hydrogens (tertiary/aromatic N) is 4. The lowest BCUT2D eigenvalue weighted by Crippen LogP contribution is -2.11. The molecule has 6 nitrogen and oxygen atoms in total. The fourth-order valence-electron chi connectivity index (χ4n) is 2.24. The molecule has 0 fully saturated rings. The highest BCUT2D eigenvalue weighted by Crippen LogP contribution is 2.30. The molecule has 130 valence electrons. The van der Waals surface area contributed by atoms with Gasteiger partial charge in [0.15, 0.2) is 27.6 Å². The Morgan fingerprint density at radius 1 is 1.08 bits per heavy atom. The molecule has 1 amide bonds. The van der Waals surface area contributed by atoms with E-state index in [0.717, 1.165) is 34.8 Å². The standard InChI is InChI=1S/C16H9F2N5OS2/c1-7-12(26-15(21-7)13-19-3-2-4-20-13)14(24)23-16-22-10-5-8(17)9(18)6-11(10)25-16/h2-6H,1H3,(H,22,23,24). The quantitative estimate of drug-likeness (QED) is 0.572. The average Bonchev–Trinajstić information content (AvgIpc) is 3.19. The first kappa shape index (κ1) is 16.6. The van der Waals surface area contributed by atoms with Gasteiger partial charge in [0.1, 0.15) is 4.88 Å². The van der Waals surface area contributed by atoms with E-state index in [4.69, 9.17) is 0 Å². The largest absolute Gasteiger partial charge is 0.297 e. The van der Waals surface area contributed by atoms with Crippen LogP contribution in [0.3, 0.4) is 0 Å². The second-order valence-electron chi connectivity index (χ2n) is 5.21. The molecule has 3 heterocycles. The first-order chi connectivity index (χ1) is 12.5. The highest BCUT2D eigenvalue weighted by Gasteiger charge is 2.19. The highest BCUT2D eigenvalue weighted by molar-refractivity contribution is 7.22. The number of benzene rings is 1. The maximum atomic E-state index is 13.3. The molecule has 0 spiro atoms. The lowest BCUT2D eigenvalue weighted by atomic mass is 10.3. The summed E-state index contributed by atoms with van der Waals surface area (Å²) in [4.78, 5) is 29.6. The number of nitrogens with one attached hydrogen (secondary N) is 1. The summed E-state index contributed by atoms with van der Waals surface area (Å²) in [7, 11) is 0. The van der Waals surface area contributed by atoms with Crippen LogP contribution in [0.1, 0.15) is 15.4 Å². The number of hydrogen-bond donors (Lipinski definition) is 1. The van der Waals surface area contributed by atoms with E-state index in [1.165, 1.54) is 0 Å². The molecule has 1 N–H and O–H groups in total. The van der Waals surface area contributed by atoms with Gasteiger partial charge in [-0.15, -0.1) is 11.3 Å². The van der Waals surface area contributed by atoms with Crippen molar-refractivity contribution in [1.82, 2.24) is 19.9 Å². The van der Waals surface area contributed by atoms with Gasteiger partial charge in [0.25, 0.3) is 5.91 Å². The Hall–Kier alpha value is -2.85. The third kappa shape index (κ3) is 3.04. The van der Waals surface area contributed by atoms with Crippen LogP contribution in [0.5, 0.6) is 0 Å². The summed E-state index contributed by atoms with van der Waals surface area (Å²) < 4.78 is 27.0. The van der Waals surface area contributed by atoms with Gasteiger partial charge in [0.2, 0.25) is 0 Å². The molecule has 4 aromatic rings. The van der Waals surface area contributed by atoms with E-state index in [1.807, 2.05) is 0 Å². The molecule has 0 saturated carbocycles. The Labute approximate surface area is 153 Å². The Morgan fingerprint density at radius 2 is 1.81 bits per heavy atom. The van der Waals surface area contributed by atoms with Crippen molar-refractivity contribution >= 4 is 43.9 Å². The van der Waals surface area contributed by atoms with Crippen molar-refractivity contribution in [2.24, 2.45) is 0 Å². The average molecular weight is 389 g/mol. The van der Waals surface area contributed by atoms with E-state index in [9.17, 15) is 13.6 Å². The third-order valence-corrected chi connectivity index (χ3v) is 5.50. The zero-order valence-electron chi connectivity index (χ0n) is 13.2. The molecule has 0 saturated heterocycles. The van der Waals surface area contributed by atoms with Crippen molar-refractivity contribution in [2.45, 2.75) is 6.92 Å². The molecule has 0 aliphatic carbocycles. The summed E-state index contributed by atoms with van der Waals surface area (Å²) in [6.45, 7) is 1.71. The minimum atomic E-state index is -0.980. The highest BCUT2D eigenvalue weighted by atomic mass is 32.1. The number of anilines is 1. The number of halogens is 2. The molecule has 0 atom stereocenters. The SMILES string of the molecule is Cc1nc(-c2ncccn2)sc1C(=O)Nc1nc2cc(F)c(F)cc2s1. The molecule has 26 heavy (non-hydrogen) atoms. The number of amides is 1. The summed E-state index contributed by atoms with van der Waals surface area (Å²) in [6.07, 6.45) is 3.19. The molecule has 0 bridgehead atoms. The minimum absolute atomic E-state index is 0.250. The Balaban J connectivity index is 1.62. The van der Waals surface area contributed by atoms with Gasteiger partial charge in [0, 0.05) is 18.5 Å². The van der Waals surface area contributed by atoms with Crippen molar-refractivity contribution < 1.29 is 13.6 Å². The van der Waals surface area contributed by atoms with Crippen molar-refractivity contribution in [2.75, 3.05) is 5.32 Å². The zero-order valence-corrected chi connectivity index (χ0v) is 14.8. The number of aromatic nitrogens is 4. The molecular weight excluding hydrogens is 380 g/mol. The van der Waals surface area contributed by atoms with Crippen LogP contribution in [0.15, 0.2) is 30.6 Å². The molecular formula is C16H9F2N5OS2. The third-order valence-electron chi connectivity index (χ3n) is 3.41. The fourth-order valence-corrected chi connectivity index (χ4v) is 4.02. The number of hydrogen-bond acceptors (Lipinski definition) is 7. The summed E-state index contributed by atoms with van der Waals surface area (Å²) in [5.41, 5.74) is 0.816. The van der Waals surface area contributed by atoms with Crippen LogP contribution in [0, 0.1) is 18.6 Å². The van der Waals surface area contributed by atoms with E-state index in [1.54, 1.807) is 25.4 Å². The molecule has 0 unspecified atom stereocenters. The van der Waals surface area contributed by atoms with E-state index < -0.39 is 17.5 Å². The minimum Gasteiger partial charge on any atom is -0.297 e. The molecule has 4 rings (SSSR count). The van der Waals surface area contributed by atoms with Gasteiger partial charge in [-0.3, -0.25) is 10.1 Å². The van der Waals surface area contributed by atoms with E-state index in [0.29, 0.717) is 26.1 Å². The number of fused-ring (bicyclic) bond motifs is 1. The van der Waals surface area contributed by atoms with Crippen LogP contribution in [0.4, 0.5) is 13.9 Å². The second kappa shape index (κ2) is 6.46. The predicted molar refractivity (Wildman–Crippen MR) is 95.4 cm³/mol. The van der Waals surface area contributed by atoms with Crippen LogP contribution in [0.25, 0.3) is 21.0 Å². The predicted octanol–water partition coefficient (Wildman–Crippen LogP) is 4.05. The number of aryl methyl sites for hydroxylation is 1. The van der Waals surface area contributed by atoms with Crippen molar-refractivity contribution in [3.05, 3.63) is 52.8 Å². The van der Waals surface area contributed by atoms with Gasteiger partial charge >= 0.3 is 0 Å². The smallest absolute Gasteiger partial charge is 0.269 e. The van der Waals surface area contributed by atoms with E-state index >= 15 is 0 Å². The Bertz CT molecular complexity index is 1090. The molecule has 3 aromatic heterocycles. The Morgan fingerprint density at radius 3 is 2.58 bits per heavy atom. The van der Waals surface area contributed by atoms with Crippen LogP contribution in [-0.2, 0) is 0 Å². The Kier molecular flexibility index (Phi) is 4.13. The molecule has 1 aromatic carbocycles. The number of carbonyl (C=O) groups excluding carboxylic acids is 1. The van der Waals surface area contributed by atoms with Crippen molar-refractivity contribution in [3.8, 4) is 10.8 Å². The zero-order chi connectivity index (χ0) is 18.3. The van der Waals surface area contributed by atoms with Gasteiger partial charge < -0.3 is 0 Å². The summed E-state index contributed by atoms with van der Waals surface area (Å²) in [5, 5.41) is 3.43. The number of rotatable bonds is 3. The van der Waals surface area contributed by atoms with Gasteiger partial charge in [-0.1, -0.05) is 11.3 Å². The molecule has 10 heteroatoms. The molecule has 0 aliphatic rings. The van der Waals surface area contributed by atoms with E-state index in [2.05, 4.69) is 25.3 Å². The summed E-state index contributed by atoms with van der Waals surface area (Å²) >= 11 is 2.22. The monoisotopic (exact) mass is 389 g/mol. The summed E-state index contributed by atoms with van der Waals surface area (Å²) in [6, 6.07) is 3.75. The van der Waals surface area contributed by atoms with Gasteiger partial charge in [-0.2, -0.15) is 0 Å². The fraction of sp³-hybridized carbons (Fsp3) is 0.0625. The number of carbonyl (C=O) groups is 1. The van der Waals surface area contributed by atoms with Gasteiger partial charge in [-0.05, 0) is 19.1 Å². The maximum Gasteiger partial charge on any atom is 0.269 e. The number of thiazole rings is 2. The first-order valence-electron chi connectivity index (χ1n) is 7.33. The topological polar surface area (TPSA) is 80.7 Å². The first-order valence-corrected chi connectivity index (χ1v) is 8.96. The summed E-state index contributed by atoms with van der Waals surface area (Å²) in [5.74, 6) is -1.90. The van der Waals surface area contributed by atoms with E-state index in [-0.39, 0.29) is 10.6 Å². The second-order valence-corrected chi connectivity index (χ2v) is 7.24. The van der Waals surface area contributed by atoms with Crippen LogP contribution < -0.4 is 5.32 Å². The van der Waals surface area contributed by atoms with Crippen LogP contribution >= 0.6 is 22.7 Å². The van der Waals surface area contributed by atoms with Crippen LogP contribution in [-0.4, -0.2) is 25.8 Å². The van der Waals surface area contributed by atoms with Gasteiger partial charge in [0.05, 0.1) is 15.9 Å². The maximum absolute atomic E-state index is 13.3. The molecule has 0 radical (unpaired) electrons.